The predicted octanol–water partition coefficient (Wildman–Crippen LogP) is 6.95. The van der Waals surface area contributed by atoms with Gasteiger partial charge in [-0.05, 0) is 86.2 Å². The molecule has 1 atom stereocenters. The van der Waals surface area contributed by atoms with Crippen LogP contribution < -0.4 is 5.73 Å². The van der Waals surface area contributed by atoms with E-state index in [1.807, 2.05) is 0 Å². The molecule has 2 saturated carbocycles. The average Bonchev–Trinajstić information content (AvgIpc) is 2.93. The predicted molar refractivity (Wildman–Crippen MR) is 149 cm³/mol. The Morgan fingerprint density at radius 2 is 1.61 bits per heavy atom. The van der Waals surface area contributed by atoms with Crippen molar-refractivity contribution < 1.29 is 14.6 Å². The largest absolute Gasteiger partial charge is 0.462 e. The third-order valence-electron chi connectivity index (χ3n) is 9.11. The summed E-state index contributed by atoms with van der Waals surface area (Å²) in [5.74, 6) is 2.51. The van der Waals surface area contributed by atoms with E-state index in [1.54, 1.807) is 5.56 Å². The van der Waals surface area contributed by atoms with Crippen LogP contribution in [-0.4, -0.2) is 30.8 Å². The summed E-state index contributed by atoms with van der Waals surface area (Å²) in [6.07, 6.45) is 18.1. The minimum Gasteiger partial charge on any atom is -0.462 e. The Kier molecular flexibility index (Phi) is 12.5. The molecule has 0 spiro atoms. The van der Waals surface area contributed by atoms with Crippen LogP contribution in [0.1, 0.15) is 107 Å². The zero-order valence-corrected chi connectivity index (χ0v) is 22.8. The van der Waals surface area contributed by atoms with Gasteiger partial charge in [0.2, 0.25) is 0 Å². The Morgan fingerprint density at radius 3 is 2.17 bits per heavy atom. The number of nitrogens with two attached hydrogens (primary N) is 1. The Hall–Kier alpha value is -1.65. The summed E-state index contributed by atoms with van der Waals surface area (Å²) in [7, 11) is 0. The third-order valence-corrected chi connectivity index (χ3v) is 9.11. The van der Waals surface area contributed by atoms with Crippen molar-refractivity contribution >= 4 is 5.97 Å². The van der Waals surface area contributed by atoms with Crippen molar-refractivity contribution in [2.75, 3.05) is 19.8 Å². The van der Waals surface area contributed by atoms with Crippen molar-refractivity contribution in [2.45, 2.75) is 103 Å². The van der Waals surface area contributed by atoms with Gasteiger partial charge >= 0.3 is 5.97 Å². The first-order chi connectivity index (χ1) is 17.5. The first-order valence-corrected chi connectivity index (χ1v) is 14.8. The molecule has 0 heterocycles. The van der Waals surface area contributed by atoms with Gasteiger partial charge < -0.3 is 15.6 Å². The fourth-order valence-corrected chi connectivity index (χ4v) is 6.45. The maximum absolute atomic E-state index is 11.8. The van der Waals surface area contributed by atoms with Crippen LogP contribution in [0.5, 0.6) is 0 Å². The second-order valence-corrected chi connectivity index (χ2v) is 11.6. The van der Waals surface area contributed by atoms with Gasteiger partial charge in [-0.2, -0.15) is 0 Å². The summed E-state index contributed by atoms with van der Waals surface area (Å²) in [6.45, 7) is 6.36. The van der Waals surface area contributed by atoms with Crippen molar-refractivity contribution in [3.63, 3.8) is 0 Å². The highest BCUT2D eigenvalue weighted by Crippen LogP contribution is 2.40. The lowest BCUT2D eigenvalue weighted by Gasteiger charge is -2.34. The molecule has 202 valence electrons. The molecule has 3 N–H and O–H groups in total. The van der Waals surface area contributed by atoms with Crippen molar-refractivity contribution in [3.05, 3.63) is 47.5 Å². The lowest BCUT2D eigenvalue weighted by molar-refractivity contribution is -0.141. The molecule has 36 heavy (non-hydrogen) atoms. The number of aliphatic hydroxyl groups excluding tert-OH is 1. The van der Waals surface area contributed by atoms with E-state index in [4.69, 9.17) is 10.5 Å². The number of aryl methyl sites for hydroxylation is 1. The standard InChI is InChI=1S/C32H51NO3/c1-3-4-5-6-25-9-15-28(16-10-25)29-17-11-26(12-18-29)7-8-27-13-19-30(20-14-27)31(22-34)23-36-32(35)24(2)21-33/h9-10,15-16,26-27,29-31,34H,2-8,11-14,17-23,33H2,1H3. The van der Waals surface area contributed by atoms with E-state index in [2.05, 4.69) is 37.8 Å². The number of aliphatic hydroxyl groups is 1. The Labute approximate surface area is 220 Å². The number of esters is 1. The summed E-state index contributed by atoms with van der Waals surface area (Å²) < 4.78 is 5.34. The fourth-order valence-electron chi connectivity index (χ4n) is 6.45. The van der Waals surface area contributed by atoms with Crippen LogP contribution in [0.25, 0.3) is 0 Å². The maximum Gasteiger partial charge on any atom is 0.334 e. The van der Waals surface area contributed by atoms with Gasteiger partial charge in [-0.1, -0.05) is 76.3 Å². The highest BCUT2D eigenvalue weighted by Gasteiger charge is 2.29. The van der Waals surface area contributed by atoms with Gasteiger partial charge in [0.1, 0.15) is 0 Å². The number of rotatable bonds is 14. The van der Waals surface area contributed by atoms with Crippen LogP contribution in [0.3, 0.4) is 0 Å². The van der Waals surface area contributed by atoms with Crippen LogP contribution in [0.2, 0.25) is 0 Å². The van der Waals surface area contributed by atoms with Crippen LogP contribution >= 0.6 is 0 Å². The van der Waals surface area contributed by atoms with E-state index in [9.17, 15) is 9.90 Å². The molecule has 0 amide bonds. The van der Waals surface area contributed by atoms with Gasteiger partial charge in [0, 0.05) is 24.6 Å². The van der Waals surface area contributed by atoms with Gasteiger partial charge in [-0.15, -0.1) is 0 Å². The molecule has 1 aromatic carbocycles. The molecule has 4 nitrogen and oxygen atoms in total. The van der Waals surface area contributed by atoms with E-state index < -0.39 is 5.97 Å². The zero-order valence-electron chi connectivity index (χ0n) is 22.8. The van der Waals surface area contributed by atoms with E-state index >= 15 is 0 Å². The van der Waals surface area contributed by atoms with Crippen LogP contribution in [0.4, 0.5) is 0 Å². The normalized spacial score (nSPS) is 25.3. The molecule has 1 unspecified atom stereocenters. The lowest BCUT2D eigenvalue weighted by atomic mass is 9.72. The van der Waals surface area contributed by atoms with Gasteiger partial charge in [0.15, 0.2) is 0 Å². The SMILES string of the molecule is C=C(CN)C(=O)OCC(CO)C1CCC(CCC2CCC(c3ccc(CCCCC)cc3)CC2)CC1. The Morgan fingerprint density at radius 1 is 1.00 bits per heavy atom. The molecule has 3 rings (SSSR count). The zero-order chi connectivity index (χ0) is 25.8. The van der Waals surface area contributed by atoms with Gasteiger partial charge in [0.05, 0.1) is 6.61 Å². The molecule has 0 saturated heterocycles. The molecule has 0 radical (unpaired) electrons. The molecular formula is C32H51NO3. The number of benzene rings is 1. The highest BCUT2D eigenvalue weighted by molar-refractivity contribution is 5.88. The topological polar surface area (TPSA) is 72.6 Å². The molecular weight excluding hydrogens is 446 g/mol. The molecule has 2 aliphatic rings. The first kappa shape index (κ1) is 28.9. The van der Waals surface area contributed by atoms with E-state index in [1.165, 1.54) is 82.6 Å². The maximum atomic E-state index is 11.8. The van der Waals surface area contributed by atoms with E-state index in [0.29, 0.717) is 11.5 Å². The van der Waals surface area contributed by atoms with Crippen molar-refractivity contribution in [2.24, 2.45) is 29.4 Å². The van der Waals surface area contributed by atoms with Crippen LogP contribution in [0.15, 0.2) is 36.4 Å². The van der Waals surface area contributed by atoms with Crippen molar-refractivity contribution in [3.8, 4) is 0 Å². The number of hydrogen-bond donors (Lipinski definition) is 2. The number of carbonyl (C=O) groups excluding carboxylic acids is 1. The fraction of sp³-hybridized carbons (Fsp3) is 0.719. The number of unbranched alkanes of at least 4 members (excludes halogenated alkanes) is 2. The minimum absolute atomic E-state index is 0.0289. The molecule has 0 bridgehead atoms. The van der Waals surface area contributed by atoms with Crippen LogP contribution in [-0.2, 0) is 16.0 Å². The monoisotopic (exact) mass is 497 g/mol. The molecule has 4 heteroatoms. The number of hydrogen-bond acceptors (Lipinski definition) is 4. The molecule has 1 aromatic rings. The smallest absolute Gasteiger partial charge is 0.334 e. The minimum atomic E-state index is -0.432. The number of carbonyl (C=O) groups is 1. The lowest BCUT2D eigenvalue weighted by Crippen LogP contribution is -2.29. The first-order valence-electron chi connectivity index (χ1n) is 14.8. The Bertz CT molecular complexity index is 773. The van der Waals surface area contributed by atoms with Gasteiger partial charge in [-0.3, -0.25) is 0 Å². The third kappa shape index (κ3) is 9.03. The molecule has 2 aliphatic carbocycles. The molecule has 0 aromatic heterocycles. The van der Waals surface area contributed by atoms with Crippen molar-refractivity contribution in [1.29, 1.82) is 0 Å². The summed E-state index contributed by atoms with van der Waals surface area (Å²) in [6, 6.07) is 9.55. The van der Waals surface area contributed by atoms with Gasteiger partial charge in [0.25, 0.3) is 0 Å². The van der Waals surface area contributed by atoms with Crippen molar-refractivity contribution in [1.82, 2.24) is 0 Å². The Balaban J connectivity index is 1.32. The average molecular weight is 498 g/mol. The summed E-state index contributed by atoms with van der Waals surface area (Å²) >= 11 is 0. The number of ether oxygens (including phenoxy) is 1. The summed E-state index contributed by atoms with van der Waals surface area (Å²) in [4.78, 5) is 11.8. The van der Waals surface area contributed by atoms with E-state index in [-0.39, 0.29) is 25.7 Å². The summed E-state index contributed by atoms with van der Waals surface area (Å²) in [5, 5.41) is 9.85. The molecule has 2 fully saturated rings. The summed E-state index contributed by atoms with van der Waals surface area (Å²) in [5.41, 5.74) is 8.81. The highest BCUT2D eigenvalue weighted by atomic mass is 16.5. The second kappa shape index (κ2) is 15.6. The van der Waals surface area contributed by atoms with Crippen LogP contribution in [0, 0.1) is 23.7 Å². The van der Waals surface area contributed by atoms with Gasteiger partial charge in [-0.25, -0.2) is 4.79 Å². The molecule has 0 aliphatic heterocycles. The quantitative estimate of drug-likeness (QED) is 0.166. The second-order valence-electron chi connectivity index (χ2n) is 11.6. The van der Waals surface area contributed by atoms with E-state index in [0.717, 1.165) is 30.6 Å².